The molecular formula is C14H21BrN2O. The summed E-state index contributed by atoms with van der Waals surface area (Å²) in [5.74, 6) is 0. The van der Waals surface area contributed by atoms with Gasteiger partial charge in [0.2, 0.25) is 0 Å². The van der Waals surface area contributed by atoms with Gasteiger partial charge in [-0.1, -0.05) is 15.9 Å². The third-order valence-electron chi connectivity index (χ3n) is 3.84. The number of benzene rings is 1. The molecule has 1 saturated heterocycles. The van der Waals surface area contributed by atoms with E-state index in [2.05, 4.69) is 64.0 Å². The number of aliphatic hydroxyl groups excluding tert-OH is 1. The summed E-state index contributed by atoms with van der Waals surface area (Å²) in [5.41, 5.74) is 1.26. The van der Waals surface area contributed by atoms with Crippen molar-refractivity contribution in [2.45, 2.75) is 25.4 Å². The topological polar surface area (TPSA) is 26.7 Å². The van der Waals surface area contributed by atoms with Gasteiger partial charge in [-0.2, -0.15) is 0 Å². The monoisotopic (exact) mass is 312 g/mol. The number of hydrogen-bond acceptors (Lipinski definition) is 3. The van der Waals surface area contributed by atoms with Crippen molar-refractivity contribution >= 4 is 21.6 Å². The Hall–Kier alpha value is -0.580. The first kappa shape index (κ1) is 13.8. The molecule has 1 fully saturated rings. The van der Waals surface area contributed by atoms with E-state index in [-0.39, 0.29) is 6.61 Å². The molecule has 2 unspecified atom stereocenters. The molecule has 1 aromatic rings. The van der Waals surface area contributed by atoms with Gasteiger partial charge in [-0.05, 0) is 44.7 Å². The lowest BCUT2D eigenvalue weighted by Crippen LogP contribution is -2.56. The lowest BCUT2D eigenvalue weighted by molar-refractivity contribution is 0.128. The van der Waals surface area contributed by atoms with E-state index in [0.717, 1.165) is 24.0 Å². The number of halogens is 1. The molecule has 2 atom stereocenters. The van der Waals surface area contributed by atoms with Crippen molar-refractivity contribution in [3.05, 3.63) is 28.7 Å². The van der Waals surface area contributed by atoms with Gasteiger partial charge in [0, 0.05) is 41.9 Å². The average Bonchev–Trinajstić information content (AvgIpc) is 2.36. The van der Waals surface area contributed by atoms with Crippen molar-refractivity contribution in [2.24, 2.45) is 0 Å². The second kappa shape index (κ2) is 6.04. The number of anilines is 1. The highest BCUT2D eigenvalue weighted by Gasteiger charge is 2.28. The Morgan fingerprint density at radius 3 is 2.56 bits per heavy atom. The molecular weight excluding hydrogens is 292 g/mol. The van der Waals surface area contributed by atoms with Crippen LogP contribution in [0.25, 0.3) is 0 Å². The lowest BCUT2D eigenvalue weighted by Gasteiger charge is -2.44. The predicted molar refractivity (Wildman–Crippen MR) is 79.1 cm³/mol. The summed E-state index contributed by atoms with van der Waals surface area (Å²) in [4.78, 5) is 4.79. The number of rotatable bonds is 3. The largest absolute Gasteiger partial charge is 0.396 e. The summed E-state index contributed by atoms with van der Waals surface area (Å²) in [6.45, 7) is 4.54. The van der Waals surface area contributed by atoms with Crippen LogP contribution in [0, 0.1) is 0 Å². The molecule has 3 nitrogen and oxygen atoms in total. The van der Waals surface area contributed by atoms with Crippen molar-refractivity contribution < 1.29 is 5.11 Å². The Morgan fingerprint density at radius 1 is 1.28 bits per heavy atom. The summed E-state index contributed by atoms with van der Waals surface area (Å²) in [6.07, 6.45) is 0.841. The SMILES string of the molecule is CC1CN(c2ccc(Br)cc2)CC(CCO)N1C. The Balaban J connectivity index is 2.12. The minimum absolute atomic E-state index is 0.260. The van der Waals surface area contributed by atoms with E-state index >= 15 is 0 Å². The molecule has 0 spiro atoms. The summed E-state index contributed by atoms with van der Waals surface area (Å²) >= 11 is 3.47. The number of nitrogens with zero attached hydrogens (tertiary/aromatic N) is 2. The van der Waals surface area contributed by atoms with Gasteiger partial charge in [0.05, 0.1) is 0 Å². The van der Waals surface area contributed by atoms with Gasteiger partial charge < -0.3 is 10.0 Å². The standard InChI is InChI=1S/C14H21BrN2O/c1-11-9-17(10-14(7-8-18)16(11)2)13-5-3-12(15)4-6-13/h3-6,11,14,18H,7-10H2,1-2H3. The second-order valence-electron chi connectivity index (χ2n) is 5.06. The number of likely N-dealkylation sites (N-methyl/N-ethyl adjacent to an activating group) is 1. The van der Waals surface area contributed by atoms with Gasteiger partial charge in [0.1, 0.15) is 0 Å². The van der Waals surface area contributed by atoms with E-state index in [0.29, 0.717) is 12.1 Å². The van der Waals surface area contributed by atoms with Crippen LogP contribution in [0.1, 0.15) is 13.3 Å². The highest BCUT2D eigenvalue weighted by Crippen LogP contribution is 2.24. The van der Waals surface area contributed by atoms with Crippen LogP contribution in [0.15, 0.2) is 28.7 Å². The summed E-state index contributed by atoms with van der Waals surface area (Å²) in [6, 6.07) is 9.41. The molecule has 0 saturated carbocycles. The number of aliphatic hydroxyl groups is 1. The first-order chi connectivity index (χ1) is 8.61. The van der Waals surface area contributed by atoms with Crippen LogP contribution in [-0.4, -0.2) is 48.8 Å². The molecule has 0 aromatic heterocycles. The number of piperazine rings is 1. The lowest BCUT2D eigenvalue weighted by atomic mass is 10.0. The predicted octanol–water partition coefficient (Wildman–Crippen LogP) is 2.34. The van der Waals surface area contributed by atoms with E-state index in [1.165, 1.54) is 5.69 Å². The normalized spacial score (nSPS) is 25.4. The van der Waals surface area contributed by atoms with Crippen molar-refractivity contribution in [1.29, 1.82) is 0 Å². The molecule has 1 heterocycles. The Morgan fingerprint density at radius 2 is 1.94 bits per heavy atom. The molecule has 1 N–H and O–H groups in total. The van der Waals surface area contributed by atoms with E-state index < -0.39 is 0 Å². The molecule has 1 aliphatic heterocycles. The molecule has 4 heteroatoms. The van der Waals surface area contributed by atoms with Crippen molar-refractivity contribution in [2.75, 3.05) is 31.6 Å². The van der Waals surface area contributed by atoms with Crippen molar-refractivity contribution in [1.82, 2.24) is 4.90 Å². The Labute approximate surface area is 118 Å². The fourth-order valence-corrected chi connectivity index (χ4v) is 2.84. The summed E-state index contributed by atoms with van der Waals surface area (Å²) < 4.78 is 1.11. The van der Waals surface area contributed by atoms with Gasteiger partial charge >= 0.3 is 0 Å². The van der Waals surface area contributed by atoms with Crippen LogP contribution in [0.2, 0.25) is 0 Å². The fourth-order valence-electron chi connectivity index (χ4n) is 2.57. The quantitative estimate of drug-likeness (QED) is 0.928. The summed E-state index contributed by atoms with van der Waals surface area (Å²) in [7, 11) is 2.16. The van der Waals surface area contributed by atoms with E-state index in [4.69, 9.17) is 5.11 Å². The Bertz CT molecular complexity index is 382. The van der Waals surface area contributed by atoms with E-state index in [1.807, 2.05) is 0 Å². The Kier molecular flexibility index (Phi) is 4.65. The number of hydrogen-bond donors (Lipinski definition) is 1. The zero-order valence-corrected chi connectivity index (χ0v) is 12.6. The molecule has 18 heavy (non-hydrogen) atoms. The molecule has 100 valence electrons. The maximum atomic E-state index is 9.16. The first-order valence-electron chi connectivity index (χ1n) is 6.45. The van der Waals surface area contributed by atoms with Gasteiger partial charge in [-0.25, -0.2) is 0 Å². The highest BCUT2D eigenvalue weighted by atomic mass is 79.9. The van der Waals surface area contributed by atoms with Gasteiger partial charge in [0.25, 0.3) is 0 Å². The summed E-state index contributed by atoms with van der Waals surface area (Å²) in [5, 5.41) is 9.16. The highest BCUT2D eigenvalue weighted by molar-refractivity contribution is 9.10. The van der Waals surface area contributed by atoms with E-state index in [1.54, 1.807) is 0 Å². The molecule has 0 amide bonds. The van der Waals surface area contributed by atoms with Gasteiger partial charge in [0.15, 0.2) is 0 Å². The molecule has 2 rings (SSSR count). The molecule has 0 radical (unpaired) electrons. The molecule has 1 aliphatic rings. The van der Waals surface area contributed by atoms with Crippen LogP contribution in [0.5, 0.6) is 0 Å². The maximum Gasteiger partial charge on any atom is 0.0446 e. The van der Waals surface area contributed by atoms with Gasteiger partial charge in [-0.15, -0.1) is 0 Å². The minimum Gasteiger partial charge on any atom is -0.396 e. The van der Waals surface area contributed by atoms with Gasteiger partial charge in [-0.3, -0.25) is 4.90 Å². The third-order valence-corrected chi connectivity index (χ3v) is 4.37. The molecule has 0 aliphatic carbocycles. The van der Waals surface area contributed by atoms with Crippen LogP contribution in [-0.2, 0) is 0 Å². The van der Waals surface area contributed by atoms with Crippen molar-refractivity contribution in [3.63, 3.8) is 0 Å². The zero-order chi connectivity index (χ0) is 13.1. The molecule has 0 bridgehead atoms. The minimum atomic E-state index is 0.260. The van der Waals surface area contributed by atoms with E-state index in [9.17, 15) is 0 Å². The third kappa shape index (κ3) is 3.05. The fraction of sp³-hybridized carbons (Fsp3) is 0.571. The smallest absolute Gasteiger partial charge is 0.0446 e. The zero-order valence-electron chi connectivity index (χ0n) is 11.0. The second-order valence-corrected chi connectivity index (χ2v) is 5.98. The first-order valence-corrected chi connectivity index (χ1v) is 7.24. The average molecular weight is 313 g/mol. The van der Waals surface area contributed by atoms with Crippen molar-refractivity contribution in [3.8, 4) is 0 Å². The van der Waals surface area contributed by atoms with Crippen LogP contribution in [0.4, 0.5) is 5.69 Å². The molecule has 1 aromatic carbocycles. The van der Waals surface area contributed by atoms with Crippen LogP contribution in [0.3, 0.4) is 0 Å². The van der Waals surface area contributed by atoms with Crippen LogP contribution < -0.4 is 4.90 Å². The maximum absolute atomic E-state index is 9.16. The van der Waals surface area contributed by atoms with Crippen LogP contribution >= 0.6 is 15.9 Å².